The van der Waals surface area contributed by atoms with Gasteiger partial charge in [0, 0.05) is 48.8 Å². The molecule has 0 N–H and O–H groups in total. The molecule has 2 saturated heterocycles. The van der Waals surface area contributed by atoms with Crippen molar-refractivity contribution >= 4 is 11.7 Å². The topological polar surface area (TPSA) is 58.6 Å². The zero-order valence-corrected chi connectivity index (χ0v) is 18.0. The van der Waals surface area contributed by atoms with Crippen LogP contribution >= 0.6 is 0 Å². The van der Waals surface area contributed by atoms with Crippen molar-refractivity contribution in [3.8, 4) is 0 Å². The molecule has 0 bridgehead atoms. The van der Waals surface area contributed by atoms with Crippen molar-refractivity contribution in [2.75, 3.05) is 37.7 Å². The lowest BCUT2D eigenvalue weighted by Crippen LogP contribution is -2.38. The number of nitrogens with zero attached hydrogens (tertiary/aromatic N) is 4. The highest BCUT2D eigenvalue weighted by Crippen LogP contribution is 2.44. The monoisotopic (exact) mass is 398 g/mol. The number of carbonyl (C=O) groups is 1. The number of rotatable bonds is 4. The molecular formula is C23H34N4O2. The minimum atomic E-state index is 0.142. The molecule has 0 unspecified atom stereocenters. The van der Waals surface area contributed by atoms with Crippen LogP contribution in [-0.2, 0) is 22.4 Å². The summed E-state index contributed by atoms with van der Waals surface area (Å²) in [6, 6.07) is 0. The van der Waals surface area contributed by atoms with Gasteiger partial charge in [0.1, 0.15) is 18.2 Å². The van der Waals surface area contributed by atoms with Gasteiger partial charge in [0.25, 0.3) is 0 Å². The number of aryl methyl sites for hydroxylation is 2. The van der Waals surface area contributed by atoms with Gasteiger partial charge in [0.05, 0.1) is 6.10 Å². The van der Waals surface area contributed by atoms with E-state index in [1.807, 2.05) is 6.92 Å². The fourth-order valence-corrected chi connectivity index (χ4v) is 5.98. The van der Waals surface area contributed by atoms with Crippen LogP contribution in [0.15, 0.2) is 0 Å². The molecule has 2 aliphatic carbocycles. The molecule has 0 radical (unpaired) electrons. The number of ether oxygens (including phenoxy) is 1. The van der Waals surface area contributed by atoms with E-state index in [-0.39, 0.29) is 17.9 Å². The second kappa shape index (κ2) is 7.53. The van der Waals surface area contributed by atoms with Gasteiger partial charge in [-0.2, -0.15) is 0 Å². The van der Waals surface area contributed by atoms with Crippen molar-refractivity contribution in [2.45, 2.75) is 71.3 Å². The summed E-state index contributed by atoms with van der Waals surface area (Å²) in [4.78, 5) is 26.9. The zero-order chi connectivity index (χ0) is 20.0. The molecule has 2 atom stereocenters. The maximum absolute atomic E-state index is 12.7. The third-order valence-electron chi connectivity index (χ3n) is 7.64. The normalized spacial score (nSPS) is 29.4. The minimum Gasteiger partial charge on any atom is -0.368 e. The van der Waals surface area contributed by atoms with E-state index in [1.54, 1.807) is 0 Å². The van der Waals surface area contributed by atoms with E-state index >= 15 is 0 Å². The summed E-state index contributed by atoms with van der Waals surface area (Å²) >= 11 is 0. The summed E-state index contributed by atoms with van der Waals surface area (Å²) in [5, 5.41) is 0. The van der Waals surface area contributed by atoms with Crippen molar-refractivity contribution in [3.05, 3.63) is 17.1 Å². The van der Waals surface area contributed by atoms with Crippen LogP contribution in [0.25, 0.3) is 0 Å². The van der Waals surface area contributed by atoms with E-state index < -0.39 is 0 Å². The van der Waals surface area contributed by atoms with Gasteiger partial charge in [0.2, 0.25) is 5.91 Å². The van der Waals surface area contributed by atoms with Gasteiger partial charge in [-0.3, -0.25) is 4.79 Å². The van der Waals surface area contributed by atoms with Gasteiger partial charge in [-0.25, -0.2) is 9.97 Å². The average molecular weight is 399 g/mol. The first-order valence-electron chi connectivity index (χ1n) is 11.5. The molecule has 6 nitrogen and oxygen atoms in total. The van der Waals surface area contributed by atoms with E-state index in [1.165, 1.54) is 42.8 Å². The summed E-state index contributed by atoms with van der Waals surface area (Å²) < 4.78 is 5.88. The van der Waals surface area contributed by atoms with E-state index in [2.05, 4.69) is 16.7 Å². The molecular weight excluding hydrogens is 364 g/mol. The van der Waals surface area contributed by atoms with E-state index in [4.69, 9.17) is 14.7 Å². The Kier molecular flexibility index (Phi) is 5.01. The smallest absolute Gasteiger partial charge is 0.248 e. The SMILES string of the molecule is Cc1nc2c(c(N3C[C@@H]4CN(C(=O)COC5CCCC5)C[C@]4(C)C3)n1)CCCC2. The second-order valence-corrected chi connectivity index (χ2v) is 9.95. The molecule has 0 spiro atoms. The molecule has 2 aliphatic heterocycles. The minimum absolute atomic E-state index is 0.142. The zero-order valence-electron chi connectivity index (χ0n) is 18.0. The average Bonchev–Trinajstić information content (AvgIpc) is 3.39. The van der Waals surface area contributed by atoms with Crippen molar-refractivity contribution < 1.29 is 9.53 Å². The van der Waals surface area contributed by atoms with Crippen LogP contribution in [0, 0.1) is 18.3 Å². The number of hydrogen-bond acceptors (Lipinski definition) is 5. The summed E-state index contributed by atoms with van der Waals surface area (Å²) in [5.74, 6) is 2.75. The maximum atomic E-state index is 12.7. The van der Waals surface area contributed by atoms with Crippen LogP contribution in [0.1, 0.15) is 62.5 Å². The maximum Gasteiger partial charge on any atom is 0.248 e. The Morgan fingerprint density at radius 3 is 2.69 bits per heavy atom. The Labute approximate surface area is 174 Å². The van der Waals surface area contributed by atoms with Crippen LogP contribution in [0.4, 0.5) is 5.82 Å². The molecule has 1 aromatic heterocycles. The lowest BCUT2D eigenvalue weighted by Gasteiger charge is -2.29. The fourth-order valence-electron chi connectivity index (χ4n) is 5.98. The fraction of sp³-hybridized carbons (Fsp3) is 0.783. The predicted molar refractivity (Wildman–Crippen MR) is 112 cm³/mol. The first-order valence-corrected chi connectivity index (χ1v) is 11.5. The van der Waals surface area contributed by atoms with Gasteiger partial charge in [-0.05, 0) is 45.4 Å². The van der Waals surface area contributed by atoms with Crippen LogP contribution < -0.4 is 4.90 Å². The van der Waals surface area contributed by atoms with E-state index in [9.17, 15) is 4.79 Å². The number of hydrogen-bond donors (Lipinski definition) is 0. The van der Waals surface area contributed by atoms with Gasteiger partial charge in [-0.15, -0.1) is 0 Å². The molecule has 1 saturated carbocycles. The third-order valence-corrected chi connectivity index (χ3v) is 7.64. The van der Waals surface area contributed by atoms with Crippen LogP contribution in [0.5, 0.6) is 0 Å². The number of amides is 1. The lowest BCUT2D eigenvalue weighted by molar-refractivity contribution is -0.137. The second-order valence-electron chi connectivity index (χ2n) is 9.95. The standard InChI is InChI=1S/C23H34N4O2/c1-16-24-20-10-6-5-9-19(20)22(25-16)27-12-17-11-26(14-23(17,2)15-27)21(28)13-29-18-7-3-4-8-18/h17-18H,3-15H2,1-2H3/t17-,23+/m0/s1. The van der Waals surface area contributed by atoms with E-state index in [0.717, 1.165) is 57.7 Å². The molecule has 4 aliphatic rings. The Morgan fingerprint density at radius 2 is 1.90 bits per heavy atom. The molecule has 6 heteroatoms. The predicted octanol–water partition coefficient (Wildman–Crippen LogP) is 2.91. The Balaban J connectivity index is 1.25. The Hall–Kier alpha value is -1.69. The highest BCUT2D eigenvalue weighted by atomic mass is 16.5. The quantitative estimate of drug-likeness (QED) is 0.781. The number of anilines is 1. The number of likely N-dealkylation sites (tertiary alicyclic amines) is 1. The summed E-state index contributed by atoms with van der Waals surface area (Å²) in [7, 11) is 0. The largest absolute Gasteiger partial charge is 0.368 e. The van der Waals surface area contributed by atoms with Gasteiger partial charge in [0.15, 0.2) is 0 Å². The lowest BCUT2D eigenvalue weighted by atomic mass is 9.83. The summed E-state index contributed by atoms with van der Waals surface area (Å²) in [6.07, 6.45) is 9.69. The molecule has 29 heavy (non-hydrogen) atoms. The highest BCUT2D eigenvalue weighted by Gasteiger charge is 2.51. The molecule has 3 heterocycles. The molecule has 0 aromatic carbocycles. The Morgan fingerprint density at radius 1 is 1.10 bits per heavy atom. The molecule has 5 rings (SSSR count). The first-order chi connectivity index (χ1) is 14.0. The van der Waals surface area contributed by atoms with Crippen LogP contribution in [0.3, 0.4) is 0 Å². The summed E-state index contributed by atoms with van der Waals surface area (Å²) in [6.45, 7) is 8.29. The van der Waals surface area contributed by atoms with Crippen molar-refractivity contribution in [1.82, 2.24) is 14.9 Å². The van der Waals surface area contributed by atoms with Crippen molar-refractivity contribution in [1.29, 1.82) is 0 Å². The van der Waals surface area contributed by atoms with Gasteiger partial charge in [-0.1, -0.05) is 19.8 Å². The van der Waals surface area contributed by atoms with Gasteiger partial charge >= 0.3 is 0 Å². The first kappa shape index (κ1) is 19.3. The number of fused-ring (bicyclic) bond motifs is 2. The van der Waals surface area contributed by atoms with Gasteiger partial charge < -0.3 is 14.5 Å². The Bertz CT molecular complexity index is 791. The number of aromatic nitrogens is 2. The molecule has 3 fully saturated rings. The van der Waals surface area contributed by atoms with Crippen molar-refractivity contribution in [3.63, 3.8) is 0 Å². The summed E-state index contributed by atoms with van der Waals surface area (Å²) in [5.41, 5.74) is 2.79. The van der Waals surface area contributed by atoms with Crippen LogP contribution in [0.2, 0.25) is 0 Å². The highest BCUT2D eigenvalue weighted by molar-refractivity contribution is 5.78. The van der Waals surface area contributed by atoms with E-state index in [0.29, 0.717) is 12.0 Å². The molecule has 158 valence electrons. The molecule has 1 aromatic rings. The molecule has 1 amide bonds. The van der Waals surface area contributed by atoms with Crippen LogP contribution in [-0.4, -0.2) is 59.7 Å². The van der Waals surface area contributed by atoms with Crippen molar-refractivity contribution in [2.24, 2.45) is 11.3 Å². The number of carbonyl (C=O) groups excluding carboxylic acids is 1. The third kappa shape index (κ3) is 3.65.